The first-order chi connectivity index (χ1) is 8.58. The summed E-state index contributed by atoms with van der Waals surface area (Å²) in [6, 6.07) is 11.6. The maximum absolute atomic E-state index is 13.5. The van der Waals surface area contributed by atoms with E-state index in [9.17, 15) is 9.50 Å². The van der Waals surface area contributed by atoms with Crippen LogP contribution < -0.4 is 5.73 Å². The Morgan fingerprint density at radius 1 is 1.22 bits per heavy atom. The van der Waals surface area contributed by atoms with Gasteiger partial charge in [0.25, 0.3) is 0 Å². The van der Waals surface area contributed by atoms with Crippen LogP contribution in [0.1, 0.15) is 17.2 Å². The highest BCUT2D eigenvalue weighted by atomic mass is 79.9. The molecule has 4 heteroatoms. The lowest BCUT2D eigenvalue weighted by molar-refractivity contribution is 0.176. The van der Waals surface area contributed by atoms with Crippen LogP contribution in [0.3, 0.4) is 0 Å². The highest BCUT2D eigenvalue weighted by Gasteiger charge is 2.14. The lowest BCUT2D eigenvalue weighted by Gasteiger charge is -2.14. The number of aliphatic hydroxyl groups excluding tert-OH is 1. The first-order valence-electron chi connectivity index (χ1n) is 5.54. The monoisotopic (exact) mass is 309 g/mol. The van der Waals surface area contributed by atoms with Gasteiger partial charge in [0.1, 0.15) is 5.82 Å². The van der Waals surface area contributed by atoms with Crippen LogP contribution in [-0.4, -0.2) is 5.11 Å². The minimum Gasteiger partial charge on any atom is -0.399 e. The minimum atomic E-state index is -0.767. The molecule has 0 aliphatic heterocycles. The molecule has 0 fully saturated rings. The number of aliphatic hydroxyl groups is 1. The van der Waals surface area contributed by atoms with E-state index in [-0.39, 0.29) is 12.2 Å². The average molecular weight is 310 g/mol. The van der Waals surface area contributed by atoms with Crippen molar-refractivity contribution < 1.29 is 9.50 Å². The molecular formula is C14H13BrFNO. The standard InChI is InChI=1S/C14H13BrFNO/c15-12-8-10(17)5-6-11(12)14(18)7-9-3-1-2-4-13(9)16/h1-6,8,14,18H,7,17H2. The lowest BCUT2D eigenvalue weighted by Crippen LogP contribution is -2.04. The number of nitrogen functional groups attached to an aromatic ring is 1. The number of hydrogen-bond acceptors (Lipinski definition) is 2. The topological polar surface area (TPSA) is 46.2 Å². The molecule has 0 heterocycles. The molecule has 1 unspecified atom stereocenters. The maximum atomic E-state index is 13.5. The van der Waals surface area contributed by atoms with Crippen molar-refractivity contribution >= 4 is 21.6 Å². The van der Waals surface area contributed by atoms with E-state index < -0.39 is 6.10 Å². The third-order valence-corrected chi connectivity index (χ3v) is 3.44. The predicted molar refractivity (Wildman–Crippen MR) is 73.6 cm³/mol. The van der Waals surface area contributed by atoms with Crippen LogP contribution in [0, 0.1) is 5.82 Å². The number of nitrogens with two attached hydrogens (primary N) is 1. The summed E-state index contributed by atoms with van der Waals surface area (Å²) >= 11 is 3.35. The SMILES string of the molecule is Nc1ccc(C(O)Cc2ccccc2F)c(Br)c1. The van der Waals surface area contributed by atoms with E-state index in [0.717, 1.165) is 4.47 Å². The molecule has 0 aliphatic rings. The Kier molecular flexibility index (Phi) is 3.99. The molecule has 2 aromatic carbocycles. The molecule has 0 aromatic heterocycles. The van der Waals surface area contributed by atoms with Gasteiger partial charge in [0.05, 0.1) is 6.10 Å². The van der Waals surface area contributed by atoms with Crippen LogP contribution in [0.2, 0.25) is 0 Å². The van der Waals surface area contributed by atoms with Crippen LogP contribution in [0.4, 0.5) is 10.1 Å². The van der Waals surface area contributed by atoms with Crippen molar-refractivity contribution in [1.82, 2.24) is 0 Å². The maximum Gasteiger partial charge on any atom is 0.126 e. The summed E-state index contributed by atoms with van der Waals surface area (Å²) in [6.07, 6.45) is -0.535. The van der Waals surface area contributed by atoms with Crippen molar-refractivity contribution in [3.8, 4) is 0 Å². The van der Waals surface area contributed by atoms with Gasteiger partial charge in [-0.1, -0.05) is 40.2 Å². The molecule has 0 aliphatic carbocycles. The molecule has 0 saturated carbocycles. The van der Waals surface area contributed by atoms with Gasteiger partial charge in [-0.3, -0.25) is 0 Å². The molecule has 0 saturated heterocycles. The van der Waals surface area contributed by atoms with Crippen molar-refractivity contribution in [1.29, 1.82) is 0 Å². The van der Waals surface area contributed by atoms with Gasteiger partial charge < -0.3 is 10.8 Å². The van der Waals surface area contributed by atoms with E-state index in [2.05, 4.69) is 15.9 Å². The molecule has 3 N–H and O–H groups in total. The normalized spacial score (nSPS) is 12.4. The molecule has 2 nitrogen and oxygen atoms in total. The summed E-state index contributed by atoms with van der Waals surface area (Å²) in [5, 5.41) is 10.1. The highest BCUT2D eigenvalue weighted by Crippen LogP contribution is 2.28. The van der Waals surface area contributed by atoms with E-state index in [4.69, 9.17) is 5.73 Å². The molecule has 2 aromatic rings. The van der Waals surface area contributed by atoms with E-state index in [1.165, 1.54) is 6.07 Å². The molecular weight excluding hydrogens is 297 g/mol. The summed E-state index contributed by atoms with van der Waals surface area (Å²) in [7, 11) is 0. The molecule has 0 radical (unpaired) electrons. The molecule has 94 valence electrons. The molecule has 2 rings (SSSR count). The zero-order valence-electron chi connectivity index (χ0n) is 9.61. The van der Waals surface area contributed by atoms with Crippen molar-refractivity contribution in [2.45, 2.75) is 12.5 Å². The summed E-state index contributed by atoms with van der Waals surface area (Å²) in [4.78, 5) is 0. The average Bonchev–Trinajstić information content (AvgIpc) is 2.32. The van der Waals surface area contributed by atoms with Gasteiger partial charge in [0, 0.05) is 16.6 Å². The van der Waals surface area contributed by atoms with E-state index in [0.29, 0.717) is 16.8 Å². The fraction of sp³-hybridized carbons (Fsp3) is 0.143. The smallest absolute Gasteiger partial charge is 0.126 e. The van der Waals surface area contributed by atoms with Crippen LogP contribution in [0.5, 0.6) is 0 Å². The van der Waals surface area contributed by atoms with Crippen molar-refractivity contribution in [3.05, 3.63) is 63.9 Å². The van der Waals surface area contributed by atoms with E-state index in [1.807, 2.05) is 0 Å². The second kappa shape index (κ2) is 5.50. The Morgan fingerprint density at radius 2 is 1.94 bits per heavy atom. The van der Waals surface area contributed by atoms with Gasteiger partial charge in [0.15, 0.2) is 0 Å². The number of benzene rings is 2. The summed E-state index contributed by atoms with van der Waals surface area (Å²) in [5.74, 6) is -0.303. The van der Waals surface area contributed by atoms with Crippen LogP contribution >= 0.6 is 15.9 Å². The van der Waals surface area contributed by atoms with Gasteiger partial charge in [-0.05, 0) is 29.3 Å². The predicted octanol–water partition coefficient (Wildman–Crippen LogP) is 3.45. The second-order valence-corrected chi connectivity index (χ2v) is 4.95. The van der Waals surface area contributed by atoms with Crippen LogP contribution in [0.25, 0.3) is 0 Å². The van der Waals surface area contributed by atoms with E-state index in [1.54, 1.807) is 36.4 Å². The molecule has 1 atom stereocenters. The van der Waals surface area contributed by atoms with Gasteiger partial charge in [-0.25, -0.2) is 4.39 Å². The molecule has 0 amide bonds. The largest absolute Gasteiger partial charge is 0.399 e. The molecule has 0 bridgehead atoms. The van der Waals surface area contributed by atoms with Crippen LogP contribution in [-0.2, 0) is 6.42 Å². The molecule has 18 heavy (non-hydrogen) atoms. The third kappa shape index (κ3) is 2.89. The number of rotatable bonds is 3. The fourth-order valence-corrected chi connectivity index (χ4v) is 2.46. The Labute approximate surface area is 113 Å². The summed E-state index contributed by atoms with van der Waals surface area (Å²) in [6.45, 7) is 0. The fourth-order valence-electron chi connectivity index (χ4n) is 1.80. The number of hydrogen-bond donors (Lipinski definition) is 2. The van der Waals surface area contributed by atoms with Crippen molar-refractivity contribution in [2.24, 2.45) is 0 Å². The Balaban J connectivity index is 2.22. The zero-order valence-corrected chi connectivity index (χ0v) is 11.2. The van der Waals surface area contributed by atoms with Crippen molar-refractivity contribution in [3.63, 3.8) is 0 Å². The quantitative estimate of drug-likeness (QED) is 0.853. The number of anilines is 1. The first kappa shape index (κ1) is 13.1. The lowest BCUT2D eigenvalue weighted by atomic mass is 10.0. The van der Waals surface area contributed by atoms with Gasteiger partial charge in [0.2, 0.25) is 0 Å². The summed E-state index contributed by atoms with van der Waals surface area (Å²) < 4.78 is 14.2. The van der Waals surface area contributed by atoms with Gasteiger partial charge >= 0.3 is 0 Å². The Bertz CT molecular complexity index is 559. The minimum absolute atomic E-state index is 0.231. The van der Waals surface area contributed by atoms with Gasteiger partial charge in [-0.15, -0.1) is 0 Å². The highest BCUT2D eigenvalue weighted by molar-refractivity contribution is 9.10. The van der Waals surface area contributed by atoms with Crippen LogP contribution in [0.15, 0.2) is 46.9 Å². The third-order valence-electron chi connectivity index (χ3n) is 2.75. The second-order valence-electron chi connectivity index (χ2n) is 4.09. The zero-order chi connectivity index (χ0) is 13.1. The molecule has 0 spiro atoms. The Hall–Kier alpha value is -1.39. The van der Waals surface area contributed by atoms with Gasteiger partial charge in [-0.2, -0.15) is 0 Å². The Morgan fingerprint density at radius 3 is 2.61 bits per heavy atom. The summed E-state index contributed by atoms with van der Waals surface area (Å²) in [5.41, 5.74) is 7.44. The van der Waals surface area contributed by atoms with E-state index >= 15 is 0 Å². The van der Waals surface area contributed by atoms with Crippen molar-refractivity contribution in [2.75, 3.05) is 5.73 Å². The first-order valence-corrected chi connectivity index (χ1v) is 6.33. The number of halogens is 2.